The highest BCUT2D eigenvalue weighted by atomic mass is 32.2. The molecule has 20 heavy (non-hydrogen) atoms. The van der Waals surface area contributed by atoms with Gasteiger partial charge in [0.2, 0.25) is 0 Å². The van der Waals surface area contributed by atoms with E-state index in [0.29, 0.717) is 0 Å². The summed E-state index contributed by atoms with van der Waals surface area (Å²) >= 11 is 1.89. The third kappa shape index (κ3) is 7.96. The number of benzene rings is 1. The molecule has 0 unspecified atom stereocenters. The molecule has 0 saturated heterocycles. The monoisotopic (exact) mass is 294 g/mol. The predicted octanol–water partition coefficient (Wildman–Crippen LogP) is 5.80. The van der Waals surface area contributed by atoms with Crippen molar-refractivity contribution < 1.29 is 5.11 Å². The lowest BCUT2D eigenvalue weighted by Crippen LogP contribution is -1.88. The Kier molecular flexibility index (Phi) is 10.8. The van der Waals surface area contributed by atoms with Gasteiger partial charge in [0.05, 0.1) is 6.61 Å². The van der Waals surface area contributed by atoms with Crippen molar-refractivity contribution in [2.45, 2.75) is 76.2 Å². The minimum absolute atomic E-state index is 0.154. The van der Waals surface area contributed by atoms with Gasteiger partial charge in [0, 0.05) is 4.90 Å². The molecule has 0 heterocycles. The molecule has 0 bridgehead atoms. The van der Waals surface area contributed by atoms with Crippen molar-refractivity contribution in [3.8, 4) is 0 Å². The highest BCUT2D eigenvalue weighted by Gasteiger charge is 2.00. The second-order valence-electron chi connectivity index (χ2n) is 5.44. The van der Waals surface area contributed by atoms with Crippen molar-refractivity contribution in [1.29, 1.82) is 0 Å². The summed E-state index contributed by atoms with van der Waals surface area (Å²) in [5.41, 5.74) is 1.06. The van der Waals surface area contributed by atoms with Crippen molar-refractivity contribution in [2.75, 3.05) is 5.75 Å². The number of thioether (sulfide) groups is 1. The minimum Gasteiger partial charge on any atom is -0.392 e. The lowest BCUT2D eigenvalue weighted by atomic mass is 10.1. The molecule has 1 aromatic carbocycles. The topological polar surface area (TPSA) is 20.2 Å². The SMILES string of the molecule is CCCCCCCCCCCSc1ccccc1CO. The van der Waals surface area contributed by atoms with E-state index in [4.69, 9.17) is 0 Å². The van der Waals surface area contributed by atoms with Gasteiger partial charge in [-0.2, -0.15) is 0 Å². The molecule has 0 saturated carbocycles. The van der Waals surface area contributed by atoms with Gasteiger partial charge in [-0.3, -0.25) is 0 Å². The summed E-state index contributed by atoms with van der Waals surface area (Å²) in [5.74, 6) is 1.17. The standard InChI is InChI=1S/C18H30OS/c1-2-3-4-5-6-7-8-9-12-15-20-18-14-11-10-13-17(18)16-19/h10-11,13-14,19H,2-9,12,15-16H2,1H3. The molecule has 0 aromatic heterocycles. The molecule has 2 heteroatoms. The first-order valence-electron chi connectivity index (χ1n) is 8.20. The quantitative estimate of drug-likeness (QED) is 0.388. The molecule has 0 aliphatic heterocycles. The van der Waals surface area contributed by atoms with Crippen LogP contribution < -0.4 is 0 Å². The second kappa shape index (κ2) is 12.3. The molecule has 0 fully saturated rings. The highest BCUT2D eigenvalue weighted by molar-refractivity contribution is 7.99. The molecule has 0 spiro atoms. The van der Waals surface area contributed by atoms with Gasteiger partial charge in [-0.15, -0.1) is 11.8 Å². The Morgan fingerprint density at radius 2 is 1.45 bits per heavy atom. The third-order valence-corrected chi connectivity index (χ3v) is 4.85. The number of hydrogen-bond donors (Lipinski definition) is 1. The first-order valence-corrected chi connectivity index (χ1v) is 9.18. The summed E-state index contributed by atoms with van der Waals surface area (Å²) in [7, 11) is 0. The summed E-state index contributed by atoms with van der Waals surface area (Å²) in [6.45, 7) is 2.42. The van der Waals surface area contributed by atoms with Gasteiger partial charge in [0.1, 0.15) is 0 Å². The van der Waals surface area contributed by atoms with E-state index in [1.165, 1.54) is 68.4 Å². The van der Waals surface area contributed by atoms with E-state index in [9.17, 15) is 5.11 Å². The van der Waals surface area contributed by atoms with Crippen LogP contribution in [0.3, 0.4) is 0 Å². The van der Waals surface area contributed by atoms with E-state index in [-0.39, 0.29) is 6.61 Å². The van der Waals surface area contributed by atoms with Crippen LogP contribution in [0.25, 0.3) is 0 Å². The number of aliphatic hydroxyl groups excluding tert-OH is 1. The largest absolute Gasteiger partial charge is 0.392 e. The van der Waals surface area contributed by atoms with Crippen LogP contribution in [0.5, 0.6) is 0 Å². The fourth-order valence-corrected chi connectivity index (χ4v) is 3.43. The van der Waals surface area contributed by atoms with Crippen LogP contribution in [-0.4, -0.2) is 10.9 Å². The van der Waals surface area contributed by atoms with Gasteiger partial charge in [0.25, 0.3) is 0 Å². The summed E-state index contributed by atoms with van der Waals surface area (Å²) in [6.07, 6.45) is 12.4. The fourth-order valence-electron chi connectivity index (χ4n) is 2.37. The van der Waals surface area contributed by atoms with E-state index in [0.717, 1.165) is 5.56 Å². The zero-order valence-corrected chi connectivity index (χ0v) is 13.8. The molecule has 1 aromatic rings. The van der Waals surface area contributed by atoms with Crippen LogP contribution in [0.4, 0.5) is 0 Å². The number of aliphatic hydroxyl groups is 1. The van der Waals surface area contributed by atoms with E-state index >= 15 is 0 Å². The summed E-state index contributed by atoms with van der Waals surface area (Å²) in [5, 5.41) is 9.27. The van der Waals surface area contributed by atoms with Gasteiger partial charge in [0.15, 0.2) is 0 Å². The van der Waals surface area contributed by atoms with Gasteiger partial charge in [-0.1, -0.05) is 76.5 Å². The Morgan fingerprint density at radius 1 is 0.850 bits per heavy atom. The Hall–Kier alpha value is -0.470. The molecular formula is C18H30OS. The first-order chi connectivity index (χ1) is 9.88. The van der Waals surface area contributed by atoms with E-state index in [2.05, 4.69) is 19.1 Å². The average molecular weight is 295 g/mol. The second-order valence-corrected chi connectivity index (χ2v) is 6.58. The summed E-state index contributed by atoms with van der Waals surface area (Å²) in [6, 6.07) is 8.18. The van der Waals surface area contributed by atoms with Crippen LogP contribution in [0, 0.1) is 0 Å². The Bertz CT molecular complexity index is 338. The van der Waals surface area contributed by atoms with E-state index in [1.54, 1.807) is 0 Å². The van der Waals surface area contributed by atoms with Gasteiger partial charge < -0.3 is 5.11 Å². The minimum atomic E-state index is 0.154. The van der Waals surface area contributed by atoms with Crippen molar-refractivity contribution in [2.24, 2.45) is 0 Å². The molecule has 1 nitrogen and oxygen atoms in total. The Balaban J connectivity index is 1.97. The molecule has 1 rings (SSSR count). The molecular weight excluding hydrogens is 264 g/mol. The van der Waals surface area contributed by atoms with Crippen LogP contribution in [0.2, 0.25) is 0 Å². The first kappa shape index (κ1) is 17.6. The normalized spacial score (nSPS) is 10.9. The molecule has 1 N–H and O–H groups in total. The van der Waals surface area contributed by atoms with Crippen LogP contribution >= 0.6 is 11.8 Å². The maximum absolute atomic E-state index is 9.27. The predicted molar refractivity (Wildman–Crippen MR) is 90.3 cm³/mol. The molecule has 114 valence electrons. The van der Waals surface area contributed by atoms with E-state index in [1.807, 2.05) is 23.9 Å². The van der Waals surface area contributed by atoms with Crippen LogP contribution in [0.1, 0.15) is 70.3 Å². The molecule has 0 aliphatic carbocycles. The van der Waals surface area contributed by atoms with Crippen molar-refractivity contribution >= 4 is 11.8 Å². The Labute approximate surface area is 129 Å². The molecule has 0 aliphatic rings. The maximum Gasteiger partial charge on any atom is 0.0692 e. The molecule has 0 atom stereocenters. The van der Waals surface area contributed by atoms with Crippen molar-refractivity contribution in [3.05, 3.63) is 29.8 Å². The van der Waals surface area contributed by atoms with Crippen molar-refractivity contribution in [3.63, 3.8) is 0 Å². The lowest BCUT2D eigenvalue weighted by molar-refractivity contribution is 0.279. The average Bonchev–Trinajstić information content (AvgIpc) is 2.49. The van der Waals surface area contributed by atoms with Gasteiger partial charge in [-0.05, 0) is 23.8 Å². The molecule has 0 radical (unpaired) electrons. The fraction of sp³-hybridized carbons (Fsp3) is 0.667. The van der Waals surface area contributed by atoms with Crippen molar-refractivity contribution in [1.82, 2.24) is 0 Å². The number of hydrogen-bond acceptors (Lipinski definition) is 2. The van der Waals surface area contributed by atoms with Crippen LogP contribution in [0.15, 0.2) is 29.2 Å². The summed E-state index contributed by atoms with van der Waals surface area (Å²) in [4.78, 5) is 1.24. The number of rotatable bonds is 12. The number of unbranched alkanes of at least 4 members (excludes halogenated alkanes) is 8. The zero-order valence-electron chi connectivity index (χ0n) is 12.9. The van der Waals surface area contributed by atoms with Crippen LogP contribution in [-0.2, 0) is 6.61 Å². The Morgan fingerprint density at radius 3 is 2.10 bits per heavy atom. The summed E-state index contributed by atoms with van der Waals surface area (Å²) < 4.78 is 0. The maximum atomic E-state index is 9.27. The zero-order chi connectivity index (χ0) is 14.5. The lowest BCUT2D eigenvalue weighted by Gasteiger charge is -2.06. The van der Waals surface area contributed by atoms with Gasteiger partial charge >= 0.3 is 0 Å². The van der Waals surface area contributed by atoms with Gasteiger partial charge in [-0.25, -0.2) is 0 Å². The molecule has 0 amide bonds. The van der Waals surface area contributed by atoms with E-state index < -0.39 is 0 Å². The highest BCUT2D eigenvalue weighted by Crippen LogP contribution is 2.24. The smallest absolute Gasteiger partial charge is 0.0692 e. The third-order valence-electron chi connectivity index (χ3n) is 3.65.